The average molecular weight is 338 g/mol. The predicted molar refractivity (Wildman–Crippen MR) is 88.7 cm³/mol. The predicted octanol–water partition coefficient (Wildman–Crippen LogP) is 2.54. The van der Waals surface area contributed by atoms with E-state index in [0.29, 0.717) is 0 Å². The second kappa shape index (κ2) is 7.04. The van der Waals surface area contributed by atoms with Crippen LogP contribution in [0.25, 0.3) is 0 Å². The van der Waals surface area contributed by atoms with E-state index in [9.17, 15) is 13.2 Å². The Bertz CT molecular complexity index is 753. The van der Waals surface area contributed by atoms with Gasteiger partial charge in [-0.1, -0.05) is 31.2 Å². The lowest BCUT2D eigenvalue weighted by Crippen LogP contribution is -2.32. The van der Waals surface area contributed by atoms with Crippen LogP contribution >= 0.6 is 11.3 Å². The van der Waals surface area contributed by atoms with Crippen LogP contribution in [0, 0.1) is 6.92 Å². The molecule has 0 fully saturated rings. The highest BCUT2D eigenvalue weighted by molar-refractivity contribution is 7.91. The molecule has 22 heavy (non-hydrogen) atoms. The first-order valence-corrected chi connectivity index (χ1v) is 9.22. The second-order valence-corrected chi connectivity index (χ2v) is 7.71. The van der Waals surface area contributed by atoms with E-state index in [4.69, 9.17) is 0 Å². The molecule has 1 aromatic heterocycles. The zero-order chi connectivity index (χ0) is 16.2. The van der Waals surface area contributed by atoms with Crippen LogP contribution in [-0.4, -0.2) is 20.9 Å². The maximum atomic E-state index is 12.0. The number of carbonyl (C=O) groups excluding carboxylic acids is 1. The molecule has 5 nitrogen and oxygen atoms in total. The van der Waals surface area contributed by atoms with E-state index in [1.54, 1.807) is 11.4 Å². The quantitative estimate of drug-likeness (QED) is 0.850. The highest BCUT2D eigenvalue weighted by atomic mass is 32.2. The van der Waals surface area contributed by atoms with Crippen molar-refractivity contribution in [2.75, 3.05) is 11.9 Å². The number of nitrogens with one attached hydrogen (secondary N) is 2. The summed E-state index contributed by atoms with van der Waals surface area (Å²) in [7, 11) is -3.62. The van der Waals surface area contributed by atoms with Gasteiger partial charge in [-0.3, -0.25) is 4.79 Å². The molecule has 0 spiro atoms. The number of benzene rings is 1. The van der Waals surface area contributed by atoms with Gasteiger partial charge in [0.15, 0.2) is 0 Å². The maximum absolute atomic E-state index is 12.0. The molecule has 1 aromatic carbocycles. The van der Waals surface area contributed by atoms with Crippen molar-refractivity contribution in [3.63, 3.8) is 0 Å². The summed E-state index contributed by atoms with van der Waals surface area (Å²) >= 11 is 1.11. The first-order valence-electron chi connectivity index (χ1n) is 6.85. The maximum Gasteiger partial charge on any atom is 0.250 e. The van der Waals surface area contributed by atoms with Crippen molar-refractivity contribution in [1.29, 1.82) is 0 Å². The van der Waals surface area contributed by atoms with E-state index in [2.05, 4.69) is 10.0 Å². The van der Waals surface area contributed by atoms with E-state index >= 15 is 0 Å². The average Bonchev–Trinajstić information content (AvgIpc) is 3.02. The van der Waals surface area contributed by atoms with Gasteiger partial charge in [0.25, 0.3) is 10.0 Å². The summed E-state index contributed by atoms with van der Waals surface area (Å²) in [6.07, 6.45) is 0.790. The van der Waals surface area contributed by atoms with Crippen molar-refractivity contribution in [3.05, 3.63) is 46.8 Å². The Hall–Kier alpha value is -1.70. The van der Waals surface area contributed by atoms with Gasteiger partial charge in [-0.15, -0.1) is 11.3 Å². The minimum absolute atomic E-state index is 0.199. The molecule has 2 rings (SSSR count). The Morgan fingerprint density at radius 2 is 2.00 bits per heavy atom. The van der Waals surface area contributed by atoms with Gasteiger partial charge in [-0.2, -0.15) is 0 Å². The van der Waals surface area contributed by atoms with Crippen LogP contribution in [-0.2, 0) is 21.2 Å². The zero-order valence-electron chi connectivity index (χ0n) is 12.4. The molecule has 7 heteroatoms. The van der Waals surface area contributed by atoms with Crippen LogP contribution in [0.1, 0.15) is 18.1 Å². The Morgan fingerprint density at radius 1 is 1.23 bits per heavy atom. The molecule has 0 aliphatic carbocycles. The van der Waals surface area contributed by atoms with Crippen molar-refractivity contribution in [3.8, 4) is 0 Å². The number of amides is 1. The largest absolute Gasteiger partial charge is 0.324 e. The van der Waals surface area contributed by atoms with Crippen LogP contribution in [0.5, 0.6) is 0 Å². The number of hydrogen-bond acceptors (Lipinski definition) is 4. The van der Waals surface area contributed by atoms with Gasteiger partial charge in [0.2, 0.25) is 5.91 Å². The summed E-state index contributed by atoms with van der Waals surface area (Å²) in [5.74, 6) is -0.385. The summed E-state index contributed by atoms with van der Waals surface area (Å²) in [6, 6.07) is 8.94. The van der Waals surface area contributed by atoms with Crippen LogP contribution < -0.4 is 10.0 Å². The first kappa shape index (κ1) is 16.7. The molecule has 0 atom stereocenters. The van der Waals surface area contributed by atoms with Gasteiger partial charge < -0.3 is 5.32 Å². The topological polar surface area (TPSA) is 75.3 Å². The fourth-order valence-corrected chi connectivity index (χ4v) is 4.05. The Labute approximate surface area is 134 Å². The normalized spacial score (nSPS) is 11.4. The van der Waals surface area contributed by atoms with Gasteiger partial charge in [0.1, 0.15) is 4.21 Å². The molecule has 2 aromatic rings. The molecule has 118 valence electrons. The molecule has 1 amide bonds. The lowest BCUT2D eigenvalue weighted by molar-refractivity contribution is -0.115. The number of thiophene rings is 1. The standard InChI is InChI=1S/C15H18N2O3S2/c1-3-12-7-4-6-11(2)15(12)17-13(18)10-16-22(19,20)14-8-5-9-21-14/h4-9,16H,3,10H2,1-2H3,(H,17,18). The van der Waals surface area contributed by atoms with Crippen LogP contribution in [0.15, 0.2) is 39.9 Å². The summed E-state index contributed by atoms with van der Waals surface area (Å²) in [5.41, 5.74) is 2.73. The van der Waals surface area contributed by atoms with Gasteiger partial charge in [-0.25, -0.2) is 13.1 Å². The van der Waals surface area contributed by atoms with Gasteiger partial charge in [0, 0.05) is 5.69 Å². The summed E-state index contributed by atoms with van der Waals surface area (Å²) in [4.78, 5) is 12.0. The van der Waals surface area contributed by atoms with Crippen molar-refractivity contribution in [1.82, 2.24) is 4.72 Å². The zero-order valence-corrected chi connectivity index (χ0v) is 14.1. The summed E-state index contributed by atoms with van der Waals surface area (Å²) in [6.45, 7) is 3.62. The Balaban J connectivity index is 2.03. The van der Waals surface area contributed by atoms with Crippen LogP contribution in [0.4, 0.5) is 5.69 Å². The summed E-state index contributed by atoms with van der Waals surface area (Å²) < 4.78 is 26.4. The van der Waals surface area contributed by atoms with Crippen molar-refractivity contribution < 1.29 is 13.2 Å². The van der Waals surface area contributed by atoms with E-state index in [-0.39, 0.29) is 16.7 Å². The monoisotopic (exact) mass is 338 g/mol. The van der Waals surface area contributed by atoms with E-state index in [1.165, 1.54) is 6.07 Å². The minimum Gasteiger partial charge on any atom is -0.324 e. The molecule has 0 aliphatic rings. The molecule has 0 unspecified atom stereocenters. The second-order valence-electron chi connectivity index (χ2n) is 4.77. The molecular formula is C15H18N2O3S2. The summed E-state index contributed by atoms with van der Waals surface area (Å²) in [5, 5.41) is 4.46. The third-order valence-electron chi connectivity index (χ3n) is 3.19. The smallest absolute Gasteiger partial charge is 0.250 e. The number of hydrogen-bond donors (Lipinski definition) is 2. The van der Waals surface area contributed by atoms with E-state index in [1.807, 2.05) is 32.0 Å². The van der Waals surface area contributed by atoms with Crippen molar-refractivity contribution >= 4 is 33.0 Å². The van der Waals surface area contributed by atoms with E-state index < -0.39 is 10.0 Å². The Morgan fingerprint density at radius 3 is 2.64 bits per heavy atom. The highest BCUT2D eigenvalue weighted by Gasteiger charge is 2.17. The fourth-order valence-electron chi connectivity index (χ4n) is 2.03. The third kappa shape index (κ3) is 3.94. The van der Waals surface area contributed by atoms with Gasteiger partial charge >= 0.3 is 0 Å². The molecule has 1 heterocycles. The molecule has 0 bridgehead atoms. The lowest BCUT2D eigenvalue weighted by Gasteiger charge is -2.13. The number of rotatable bonds is 6. The van der Waals surface area contributed by atoms with Crippen LogP contribution in [0.2, 0.25) is 0 Å². The van der Waals surface area contributed by atoms with Gasteiger partial charge in [0.05, 0.1) is 6.54 Å². The lowest BCUT2D eigenvalue weighted by atomic mass is 10.1. The SMILES string of the molecule is CCc1cccc(C)c1NC(=O)CNS(=O)(=O)c1cccs1. The van der Waals surface area contributed by atoms with Gasteiger partial charge in [-0.05, 0) is 35.9 Å². The number of anilines is 1. The molecule has 0 saturated heterocycles. The highest BCUT2D eigenvalue weighted by Crippen LogP contribution is 2.21. The molecule has 0 saturated carbocycles. The molecule has 2 N–H and O–H groups in total. The number of sulfonamides is 1. The van der Waals surface area contributed by atoms with E-state index in [0.717, 1.165) is 34.6 Å². The fraction of sp³-hybridized carbons (Fsp3) is 0.267. The van der Waals surface area contributed by atoms with Crippen molar-refractivity contribution in [2.45, 2.75) is 24.5 Å². The number of para-hydroxylation sites is 1. The Kier molecular flexibility index (Phi) is 5.33. The van der Waals surface area contributed by atoms with Crippen LogP contribution in [0.3, 0.4) is 0 Å². The minimum atomic E-state index is -3.62. The molecule has 0 radical (unpaired) electrons. The molecular weight excluding hydrogens is 320 g/mol. The van der Waals surface area contributed by atoms with Crippen molar-refractivity contribution in [2.24, 2.45) is 0 Å². The number of carbonyl (C=O) groups is 1. The number of aryl methyl sites for hydroxylation is 2. The molecule has 0 aliphatic heterocycles. The first-order chi connectivity index (χ1) is 10.4. The third-order valence-corrected chi connectivity index (χ3v) is 5.99.